The van der Waals surface area contributed by atoms with Crippen LogP contribution in [0.1, 0.15) is 28.8 Å². The average molecular weight is 235 g/mol. The summed E-state index contributed by atoms with van der Waals surface area (Å²) >= 11 is 0. The first kappa shape index (κ1) is 11.9. The van der Waals surface area contributed by atoms with Gasteiger partial charge in [0.25, 0.3) is 5.91 Å². The molecule has 1 heterocycles. The number of benzene rings is 1. The average Bonchev–Trinajstić information content (AvgIpc) is 2.80. The number of carbonyl (C=O) groups excluding carboxylic acids is 1. The SMILES string of the molecule is Cc1cc(C(=O)N2CCCC2CO)ccc1O. The molecule has 2 N–H and O–H groups in total. The number of aryl methyl sites for hydroxylation is 1. The lowest BCUT2D eigenvalue weighted by Crippen LogP contribution is -2.37. The molecule has 0 radical (unpaired) electrons. The van der Waals surface area contributed by atoms with Gasteiger partial charge in [-0.1, -0.05) is 0 Å². The van der Waals surface area contributed by atoms with Gasteiger partial charge in [-0.3, -0.25) is 4.79 Å². The molecule has 1 aliphatic rings. The number of hydrogen-bond donors (Lipinski definition) is 2. The minimum atomic E-state index is -0.0651. The topological polar surface area (TPSA) is 60.8 Å². The predicted molar refractivity (Wildman–Crippen MR) is 64.0 cm³/mol. The van der Waals surface area contributed by atoms with Crippen molar-refractivity contribution in [2.24, 2.45) is 0 Å². The first-order valence-electron chi connectivity index (χ1n) is 5.85. The minimum absolute atomic E-state index is 0.0167. The fourth-order valence-electron chi connectivity index (χ4n) is 2.25. The van der Waals surface area contributed by atoms with Crippen molar-refractivity contribution in [2.75, 3.05) is 13.2 Å². The number of carbonyl (C=O) groups is 1. The summed E-state index contributed by atoms with van der Waals surface area (Å²) in [5, 5.41) is 18.6. The Hall–Kier alpha value is -1.55. The number of amides is 1. The zero-order valence-electron chi connectivity index (χ0n) is 9.89. The molecule has 1 amide bonds. The Morgan fingerprint density at radius 2 is 2.29 bits per heavy atom. The summed E-state index contributed by atoms with van der Waals surface area (Å²) in [6.07, 6.45) is 1.80. The van der Waals surface area contributed by atoms with Crippen molar-refractivity contribution in [2.45, 2.75) is 25.8 Å². The highest BCUT2D eigenvalue weighted by Crippen LogP contribution is 2.22. The highest BCUT2D eigenvalue weighted by Gasteiger charge is 2.28. The summed E-state index contributed by atoms with van der Waals surface area (Å²) in [6, 6.07) is 4.78. The first-order chi connectivity index (χ1) is 8.13. The molecule has 0 aliphatic carbocycles. The van der Waals surface area contributed by atoms with Crippen LogP contribution in [0.3, 0.4) is 0 Å². The van der Waals surface area contributed by atoms with Crippen LogP contribution in [0.15, 0.2) is 18.2 Å². The number of aromatic hydroxyl groups is 1. The number of aliphatic hydroxyl groups is 1. The van der Waals surface area contributed by atoms with Crippen molar-refractivity contribution in [1.82, 2.24) is 4.90 Å². The van der Waals surface area contributed by atoms with Crippen LogP contribution in [0.25, 0.3) is 0 Å². The van der Waals surface area contributed by atoms with E-state index in [1.165, 1.54) is 6.07 Å². The van der Waals surface area contributed by atoms with E-state index in [0.717, 1.165) is 12.8 Å². The fourth-order valence-corrected chi connectivity index (χ4v) is 2.25. The summed E-state index contributed by atoms with van der Waals surface area (Å²) in [5.41, 5.74) is 1.26. The van der Waals surface area contributed by atoms with E-state index in [-0.39, 0.29) is 24.3 Å². The molecule has 17 heavy (non-hydrogen) atoms. The summed E-state index contributed by atoms with van der Waals surface area (Å²) < 4.78 is 0. The maximum atomic E-state index is 12.2. The van der Waals surface area contributed by atoms with E-state index in [2.05, 4.69) is 0 Å². The van der Waals surface area contributed by atoms with Gasteiger partial charge in [0.1, 0.15) is 5.75 Å². The monoisotopic (exact) mass is 235 g/mol. The largest absolute Gasteiger partial charge is 0.508 e. The molecule has 1 unspecified atom stereocenters. The molecule has 1 fully saturated rings. The van der Waals surface area contributed by atoms with Crippen molar-refractivity contribution in [1.29, 1.82) is 0 Å². The van der Waals surface area contributed by atoms with E-state index in [9.17, 15) is 15.0 Å². The molecule has 1 saturated heterocycles. The Kier molecular flexibility index (Phi) is 3.33. The Morgan fingerprint density at radius 1 is 1.53 bits per heavy atom. The van der Waals surface area contributed by atoms with Gasteiger partial charge in [0.05, 0.1) is 12.6 Å². The molecule has 4 heteroatoms. The van der Waals surface area contributed by atoms with Crippen LogP contribution in [-0.2, 0) is 0 Å². The third kappa shape index (κ3) is 2.26. The Balaban J connectivity index is 2.21. The van der Waals surface area contributed by atoms with Crippen LogP contribution < -0.4 is 0 Å². The summed E-state index contributed by atoms with van der Waals surface area (Å²) in [6.45, 7) is 2.48. The molecule has 4 nitrogen and oxygen atoms in total. The van der Waals surface area contributed by atoms with E-state index in [1.54, 1.807) is 24.0 Å². The van der Waals surface area contributed by atoms with E-state index in [4.69, 9.17) is 0 Å². The lowest BCUT2D eigenvalue weighted by Gasteiger charge is -2.23. The van der Waals surface area contributed by atoms with Gasteiger partial charge in [0.2, 0.25) is 0 Å². The zero-order valence-corrected chi connectivity index (χ0v) is 9.89. The molecule has 1 aliphatic heterocycles. The van der Waals surface area contributed by atoms with Gasteiger partial charge in [-0.25, -0.2) is 0 Å². The number of rotatable bonds is 2. The predicted octanol–water partition coefficient (Wildman–Crippen LogP) is 1.30. The van der Waals surface area contributed by atoms with Crippen LogP contribution in [0.2, 0.25) is 0 Å². The van der Waals surface area contributed by atoms with Gasteiger partial charge in [0, 0.05) is 12.1 Å². The summed E-state index contributed by atoms with van der Waals surface area (Å²) in [4.78, 5) is 13.9. The van der Waals surface area contributed by atoms with Gasteiger partial charge in [0.15, 0.2) is 0 Å². The second-order valence-corrected chi connectivity index (χ2v) is 4.48. The van der Waals surface area contributed by atoms with Crippen molar-refractivity contribution < 1.29 is 15.0 Å². The number of aliphatic hydroxyl groups excluding tert-OH is 1. The lowest BCUT2D eigenvalue weighted by molar-refractivity contribution is 0.0677. The lowest BCUT2D eigenvalue weighted by atomic mass is 10.1. The van der Waals surface area contributed by atoms with E-state index in [1.807, 2.05) is 0 Å². The molecule has 0 aromatic heterocycles. The fraction of sp³-hybridized carbons (Fsp3) is 0.462. The molecule has 2 rings (SSSR count). The van der Waals surface area contributed by atoms with Crippen molar-refractivity contribution in [3.05, 3.63) is 29.3 Å². The molecule has 0 bridgehead atoms. The van der Waals surface area contributed by atoms with E-state index < -0.39 is 0 Å². The summed E-state index contributed by atoms with van der Waals surface area (Å²) in [7, 11) is 0. The van der Waals surface area contributed by atoms with Gasteiger partial charge >= 0.3 is 0 Å². The van der Waals surface area contributed by atoms with Crippen LogP contribution >= 0.6 is 0 Å². The van der Waals surface area contributed by atoms with E-state index in [0.29, 0.717) is 17.7 Å². The smallest absolute Gasteiger partial charge is 0.254 e. The highest BCUT2D eigenvalue weighted by molar-refractivity contribution is 5.95. The van der Waals surface area contributed by atoms with Crippen molar-refractivity contribution in [3.8, 4) is 5.75 Å². The van der Waals surface area contributed by atoms with Gasteiger partial charge in [-0.15, -0.1) is 0 Å². The number of phenols is 1. The Labute approximate surface area is 100 Å². The molecule has 1 atom stereocenters. The molecule has 0 spiro atoms. The molecule has 1 aromatic rings. The third-order valence-electron chi connectivity index (χ3n) is 3.29. The van der Waals surface area contributed by atoms with Gasteiger partial charge in [-0.05, 0) is 43.5 Å². The second-order valence-electron chi connectivity index (χ2n) is 4.48. The number of nitrogens with zero attached hydrogens (tertiary/aromatic N) is 1. The molecule has 1 aromatic carbocycles. The zero-order chi connectivity index (χ0) is 12.4. The number of likely N-dealkylation sites (tertiary alicyclic amines) is 1. The van der Waals surface area contributed by atoms with Crippen LogP contribution in [0, 0.1) is 6.92 Å². The maximum Gasteiger partial charge on any atom is 0.254 e. The third-order valence-corrected chi connectivity index (χ3v) is 3.29. The molecular weight excluding hydrogens is 218 g/mol. The Morgan fingerprint density at radius 3 is 2.94 bits per heavy atom. The van der Waals surface area contributed by atoms with Crippen LogP contribution in [-0.4, -0.2) is 40.2 Å². The van der Waals surface area contributed by atoms with Crippen LogP contribution in [0.4, 0.5) is 0 Å². The van der Waals surface area contributed by atoms with E-state index >= 15 is 0 Å². The quantitative estimate of drug-likeness (QED) is 0.812. The summed E-state index contributed by atoms with van der Waals surface area (Å²) in [5.74, 6) is 0.131. The standard InChI is InChI=1S/C13H17NO3/c1-9-7-10(4-5-12(9)16)13(17)14-6-2-3-11(14)8-15/h4-5,7,11,15-16H,2-3,6,8H2,1H3. The minimum Gasteiger partial charge on any atom is -0.508 e. The number of phenolic OH excluding ortho intramolecular Hbond substituents is 1. The normalized spacial score (nSPS) is 19.6. The number of hydrogen-bond acceptors (Lipinski definition) is 3. The van der Waals surface area contributed by atoms with Gasteiger partial charge in [-0.2, -0.15) is 0 Å². The molecule has 0 saturated carbocycles. The maximum absolute atomic E-state index is 12.2. The van der Waals surface area contributed by atoms with Crippen LogP contribution in [0.5, 0.6) is 5.75 Å². The van der Waals surface area contributed by atoms with Crippen molar-refractivity contribution in [3.63, 3.8) is 0 Å². The first-order valence-corrected chi connectivity index (χ1v) is 5.85. The molecular formula is C13H17NO3. The Bertz CT molecular complexity index is 431. The second kappa shape index (κ2) is 4.75. The van der Waals surface area contributed by atoms with Gasteiger partial charge < -0.3 is 15.1 Å². The van der Waals surface area contributed by atoms with Crippen molar-refractivity contribution >= 4 is 5.91 Å². The molecule has 92 valence electrons. The highest BCUT2D eigenvalue weighted by atomic mass is 16.3.